The average Bonchev–Trinajstić information content (AvgIpc) is 2.92. The molecule has 98 valence electrons. The van der Waals surface area contributed by atoms with Crippen LogP contribution in [0.4, 0.5) is 0 Å². The summed E-state index contributed by atoms with van der Waals surface area (Å²) in [5.41, 5.74) is 3.95. The van der Waals surface area contributed by atoms with Crippen molar-refractivity contribution in [1.82, 2.24) is 9.55 Å². The number of aromatic nitrogens is 2. The Hall–Kier alpha value is -1.61. The number of aliphatic hydroxyl groups is 1. The molecule has 1 N–H and O–H groups in total. The van der Waals surface area contributed by atoms with Crippen LogP contribution in [0.5, 0.6) is 0 Å². The predicted molar refractivity (Wildman–Crippen MR) is 73.7 cm³/mol. The van der Waals surface area contributed by atoms with E-state index in [0.29, 0.717) is 0 Å². The molecule has 4 rings (SSSR count). The number of hydrogen-bond acceptors (Lipinski definition) is 2. The van der Waals surface area contributed by atoms with Gasteiger partial charge < -0.3 is 9.67 Å². The zero-order chi connectivity index (χ0) is 13.2. The maximum absolute atomic E-state index is 10.3. The van der Waals surface area contributed by atoms with E-state index in [1.54, 1.807) is 0 Å². The molecular weight excluding hydrogens is 236 g/mol. The molecule has 0 bridgehead atoms. The minimum absolute atomic E-state index is 0.184. The fourth-order valence-corrected chi connectivity index (χ4v) is 4.04. The molecular formula is C16H18N2O. The highest BCUT2D eigenvalue weighted by Gasteiger charge is 2.53. The summed E-state index contributed by atoms with van der Waals surface area (Å²) in [6, 6.07) is 8.73. The molecule has 0 amide bonds. The molecule has 1 aliphatic heterocycles. The Morgan fingerprint density at radius 1 is 1.32 bits per heavy atom. The fourth-order valence-electron chi connectivity index (χ4n) is 4.04. The lowest BCUT2D eigenvalue weighted by atomic mass is 9.57. The number of hydrogen-bond donors (Lipinski definition) is 1. The maximum Gasteiger partial charge on any atom is 0.0956 e. The van der Waals surface area contributed by atoms with Crippen molar-refractivity contribution >= 4 is 0 Å². The van der Waals surface area contributed by atoms with Crippen LogP contribution in [0.15, 0.2) is 36.8 Å². The molecule has 3 heteroatoms. The molecule has 1 saturated carbocycles. The monoisotopic (exact) mass is 254 g/mol. The highest BCUT2D eigenvalue weighted by Crippen LogP contribution is 2.56. The first-order valence-corrected chi connectivity index (χ1v) is 6.89. The quantitative estimate of drug-likeness (QED) is 0.849. The minimum Gasteiger partial charge on any atom is -0.393 e. The van der Waals surface area contributed by atoms with E-state index in [1.807, 2.05) is 12.5 Å². The molecule has 3 atom stereocenters. The smallest absolute Gasteiger partial charge is 0.0956 e. The van der Waals surface area contributed by atoms with E-state index in [4.69, 9.17) is 0 Å². The first-order valence-electron chi connectivity index (χ1n) is 6.89. The summed E-state index contributed by atoms with van der Waals surface area (Å²) in [6.07, 6.45) is 4.51. The van der Waals surface area contributed by atoms with Crippen molar-refractivity contribution in [3.8, 4) is 11.3 Å². The van der Waals surface area contributed by atoms with Crippen molar-refractivity contribution in [3.05, 3.63) is 42.4 Å². The van der Waals surface area contributed by atoms with Crippen LogP contribution in [0.3, 0.4) is 0 Å². The molecule has 2 aliphatic rings. The Bertz CT molecular complexity index is 644. The number of aliphatic hydroxyl groups excluding tert-OH is 1. The van der Waals surface area contributed by atoms with Gasteiger partial charge in [-0.15, -0.1) is 0 Å². The number of fused-ring (bicyclic) bond motifs is 3. The van der Waals surface area contributed by atoms with Crippen molar-refractivity contribution in [3.63, 3.8) is 0 Å². The zero-order valence-corrected chi connectivity index (χ0v) is 11.2. The molecule has 1 aliphatic carbocycles. The third-order valence-corrected chi connectivity index (χ3v) is 4.91. The van der Waals surface area contributed by atoms with Crippen LogP contribution in [0.1, 0.15) is 31.9 Å². The van der Waals surface area contributed by atoms with Gasteiger partial charge in [0.25, 0.3) is 0 Å². The SMILES string of the molecule is CC1(C)C[C@H](O)[C@@H]1C1c2ccccc2-c2cncn21. The molecule has 0 saturated heterocycles. The van der Waals surface area contributed by atoms with Gasteiger partial charge in [0.1, 0.15) is 0 Å². The van der Waals surface area contributed by atoms with Gasteiger partial charge in [-0.1, -0.05) is 38.1 Å². The van der Waals surface area contributed by atoms with Gasteiger partial charge in [-0.2, -0.15) is 0 Å². The molecule has 2 aromatic rings. The zero-order valence-electron chi connectivity index (χ0n) is 11.2. The van der Waals surface area contributed by atoms with Gasteiger partial charge >= 0.3 is 0 Å². The lowest BCUT2D eigenvalue weighted by molar-refractivity contribution is -0.103. The number of benzene rings is 1. The third-order valence-electron chi connectivity index (χ3n) is 4.91. The number of nitrogens with zero attached hydrogens (tertiary/aromatic N) is 2. The second-order valence-corrected chi connectivity index (χ2v) is 6.50. The van der Waals surface area contributed by atoms with Crippen LogP contribution in [-0.2, 0) is 0 Å². The Kier molecular flexibility index (Phi) is 2.06. The van der Waals surface area contributed by atoms with E-state index in [1.165, 1.54) is 16.8 Å². The van der Waals surface area contributed by atoms with E-state index in [9.17, 15) is 5.11 Å². The minimum atomic E-state index is -0.207. The van der Waals surface area contributed by atoms with Gasteiger partial charge in [0.2, 0.25) is 0 Å². The van der Waals surface area contributed by atoms with Crippen molar-refractivity contribution in [2.45, 2.75) is 32.4 Å². The Morgan fingerprint density at radius 2 is 2.11 bits per heavy atom. The van der Waals surface area contributed by atoms with E-state index < -0.39 is 0 Å². The van der Waals surface area contributed by atoms with Crippen LogP contribution in [0.25, 0.3) is 11.3 Å². The van der Waals surface area contributed by atoms with Crippen LogP contribution in [0.2, 0.25) is 0 Å². The molecule has 3 nitrogen and oxygen atoms in total. The third kappa shape index (κ3) is 1.34. The van der Waals surface area contributed by atoms with Crippen LogP contribution in [-0.4, -0.2) is 20.8 Å². The summed E-state index contributed by atoms with van der Waals surface area (Å²) in [5.74, 6) is 0.268. The van der Waals surface area contributed by atoms with Gasteiger partial charge in [0.15, 0.2) is 0 Å². The topological polar surface area (TPSA) is 38.1 Å². The second kappa shape index (κ2) is 3.48. The van der Waals surface area contributed by atoms with Crippen LogP contribution >= 0.6 is 0 Å². The van der Waals surface area contributed by atoms with Gasteiger partial charge in [0.05, 0.1) is 30.4 Å². The first-order chi connectivity index (χ1) is 9.09. The van der Waals surface area contributed by atoms with Gasteiger partial charge in [-0.3, -0.25) is 0 Å². The normalized spacial score (nSPS) is 30.6. The number of imidazole rings is 1. The van der Waals surface area contributed by atoms with Crippen LogP contribution in [0, 0.1) is 11.3 Å². The summed E-state index contributed by atoms with van der Waals surface area (Å²) in [5, 5.41) is 10.3. The van der Waals surface area contributed by atoms with Crippen molar-refractivity contribution < 1.29 is 5.11 Å². The Labute approximate surface area is 112 Å². The molecule has 1 fully saturated rings. The van der Waals surface area contributed by atoms with Gasteiger partial charge in [-0.25, -0.2) is 4.98 Å². The lowest BCUT2D eigenvalue weighted by Crippen LogP contribution is -2.51. The molecule has 1 aromatic carbocycles. The van der Waals surface area contributed by atoms with Crippen molar-refractivity contribution in [2.75, 3.05) is 0 Å². The molecule has 2 heterocycles. The summed E-state index contributed by atoms with van der Waals surface area (Å²) >= 11 is 0. The van der Waals surface area contributed by atoms with Crippen molar-refractivity contribution in [2.24, 2.45) is 11.3 Å². The Morgan fingerprint density at radius 3 is 2.84 bits per heavy atom. The average molecular weight is 254 g/mol. The van der Waals surface area contributed by atoms with Gasteiger partial charge in [0, 0.05) is 11.5 Å². The highest BCUT2D eigenvalue weighted by atomic mass is 16.3. The first kappa shape index (κ1) is 11.2. The number of rotatable bonds is 1. The Balaban J connectivity index is 1.90. The summed E-state index contributed by atoms with van der Waals surface area (Å²) in [6.45, 7) is 4.50. The molecule has 1 aromatic heterocycles. The van der Waals surface area contributed by atoms with Crippen molar-refractivity contribution in [1.29, 1.82) is 0 Å². The lowest BCUT2D eigenvalue weighted by Gasteiger charge is -2.52. The summed E-state index contributed by atoms with van der Waals surface area (Å²) in [7, 11) is 0. The predicted octanol–water partition coefficient (Wildman–Crippen LogP) is 2.86. The maximum atomic E-state index is 10.3. The van der Waals surface area contributed by atoms with Gasteiger partial charge in [-0.05, 0) is 17.4 Å². The summed E-state index contributed by atoms with van der Waals surface area (Å²) < 4.78 is 2.24. The molecule has 1 unspecified atom stereocenters. The van der Waals surface area contributed by atoms with Crippen LogP contribution < -0.4 is 0 Å². The molecule has 0 spiro atoms. The molecule has 19 heavy (non-hydrogen) atoms. The van der Waals surface area contributed by atoms with E-state index in [2.05, 4.69) is 47.7 Å². The highest BCUT2D eigenvalue weighted by molar-refractivity contribution is 5.69. The van der Waals surface area contributed by atoms with E-state index in [-0.39, 0.29) is 23.5 Å². The fraction of sp³-hybridized carbons (Fsp3) is 0.438. The second-order valence-electron chi connectivity index (χ2n) is 6.50. The van der Waals surface area contributed by atoms with E-state index >= 15 is 0 Å². The largest absolute Gasteiger partial charge is 0.393 e. The standard InChI is InChI=1S/C16H18N2O/c1-16(2)7-13(19)14(16)15-11-6-4-3-5-10(11)12-8-17-9-18(12)15/h3-6,8-9,13-15,19H,7H2,1-2H3/t13-,14+,15?/m0/s1. The van der Waals surface area contributed by atoms with E-state index in [0.717, 1.165) is 6.42 Å². The summed E-state index contributed by atoms with van der Waals surface area (Å²) in [4.78, 5) is 4.29. The molecule has 0 radical (unpaired) electrons.